The van der Waals surface area contributed by atoms with Crippen LogP contribution in [0, 0.1) is 0 Å². The Hall–Kier alpha value is -0.380. The standard InChI is InChI=1S/C12H17NOS/c1-2-9(7-13-4-1)12-6-10-8-14-5-3-11(10)15-12/h6,9,13H,1-5,7-8H2. The third-order valence-electron chi connectivity index (χ3n) is 3.35. The first-order valence-electron chi connectivity index (χ1n) is 5.83. The Balaban J connectivity index is 1.82. The molecule has 2 nitrogen and oxygen atoms in total. The van der Waals surface area contributed by atoms with Gasteiger partial charge in [-0.1, -0.05) is 0 Å². The molecule has 1 N–H and O–H groups in total. The van der Waals surface area contributed by atoms with Crippen molar-refractivity contribution in [2.24, 2.45) is 0 Å². The van der Waals surface area contributed by atoms with E-state index in [0.29, 0.717) is 0 Å². The van der Waals surface area contributed by atoms with E-state index >= 15 is 0 Å². The van der Waals surface area contributed by atoms with Crippen LogP contribution in [0.3, 0.4) is 0 Å². The zero-order valence-corrected chi connectivity index (χ0v) is 9.74. The summed E-state index contributed by atoms with van der Waals surface area (Å²) in [6, 6.07) is 2.39. The van der Waals surface area contributed by atoms with Crippen LogP contribution in [0.5, 0.6) is 0 Å². The van der Waals surface area contributed by atoms with Crippen molar-refractivity contribution in [2.45, 2.75) is 31.8 Å². The Morgan fingerprint density at radius 2 is 2.47 bits per heavy atom. The highest BCUT2D eigenvalue weighted by Gasteiger charge is 2.20. The largest absolute Gasteiger partial charge is 0.376 e. The first-order chi connectivity index (χ1) is 7.43. The molecular formula is C12H17NOS. The van der Waals surface area contributed by atoms with Gasteiger partial charge >= 0.3 is 0 Å². The van der Waals surface area contributed by atoms with Crippen molar-refractivity contribution in [3.8, 4) is 0 Å². The number of ether oxygens (including phenoxy) is 1. The molecule has 0 aliphatic carbocycles. The lowest BCUT2D eigenvalue weighted by molar-refractivity contribution is 0.112. The number of nitrogens with one attached hydrogen (secondary N) is 1. The Bertz CT molecular complexity index is 318. The van der Waals surface area contributed by atoms with E-state index in [4.69, 9.17) is 4.74 Å². The lowest BCUT2D eigenvalue weighted by Gasteiger charge is -2.21. The highest BCUT2D eigenvalue weighted by atomic mass is 32.1. The predicted molar refractivity (Wildman–Crippen MR) is 62.5 cm³/mol. The second kappa shape index (κ2) is 4.24. The van der Waals surface area contributed by atoms with Crippen LogP contribution in [-0.4, -0.2) is 19.7 Å². The van der Waals surface area contributed by atoms with Crippen molar-refractivity contribution in [3.05, 3.63) is 21.4 Å². The summed E-state index contributed by atoms with van der Waals surface area (Å²) in [5.74, 6) is 0.759. The summed E-state index contributed by atoms with van der Waals surface area (Å²) in [6.45, 7) is 4.12. The average molecular weight is 223 g/mol. The van der Waals surface area contributed by atoms with Crippen molar-refractivity contribution < 1.29 is 4.74 Å². The van der Waals surface area contributed by atoms with E-state index in [-0.39, 0.29) is 0 Å². The van der Waals surface area contributed by atoms with Crippen LogP contribution in [-0.2, 0) is 17.8 Å². The molecule has 3 rings (SSSR count). The first-order valence-corrected chi connectivity index (χ1v) is 6.65. The predicted octanol–water partition coefficient (Wildman–Crippen LogP) is 2.29. The monoisotopic (exact) mass is 223 g/mol. The maximum atomic E-state index is 5.49. The molecule has 15 heavy (non-hydrogen) atoms. The number of piperidine rings is 1. The summed E-state index contributed by atoms with van der Waals surface area (Å²) in [4.78, 5) is 3.15. The molecule has 2 aliphatic heterocycles. The van der Waals surface area contributed by atoms with Crippen molar-refractivity contribution in [3.63, 3.8) is 0 Å². The Kier molecular flexibility index (Phi) is 2.77. The molecule has 0 radical (unpaired) electrons. The summed E-state index contributed by atoms with van der Waals surface area (Å²) in [5.41, 5.74) is 1.45. The van der Waals surface area contributed by atoms with Gasteiger partial charge in [-0.15, -0.1) is 11.3 Å². The van der Waals surface area contributed by atoms with Gasteiger partial charge in [0.1, 0.15) is 0 Å². The van der Waals surface area contributed by atoms with Crippen LogP contribution < -0.4 is 5.32 Å². The van der Waals surface area contributed by atoms with Crippen LogP contribution in [0.25, 0.3) is 0 Å². The van der Waals surface area contributed by atoms with Gasteiger partial charge in [0.25, 0.3) is 0 Å². The molecule has 1 aromatic rings. The maximum absolute atomic E-state index is 5.49. The Morgan fingerprint density at radius 1 is 1.47 bits per heavy atom. The van der Waals surface area contributed by atoms with E-state index in [1.807, 2.05) is 11.3 Å². The van der Waals surface area contributed by atoms with E-state index in [9.17, 15) is 0 Å². The topological polar surface area (TPSA) is 21.3 Å². The molecule has 1 aromatic heterocycles. The molecule has 0 saturated carbocycles. The second-order valence-corrected chi connectivity index (χ2v) is 5.61. The SMILES string of the molecule is c1c(C2CCCNC2)sc2c1COCC2. The highest BCUT2D eigenvalue weighted by Crippen LogP contribution is 2.34. The molecule has 2 aliphatic rings. The molecular weight excluding hydrogens is 206 g/mol. The number of rotatable bonds is 1. The second-order valence-electron chi connectivity index (χ2n) is 4.44. The van der Waals surface area contributed by atoms with Gasteiger partial charge in [0.15, 0.2) is 0 Å². The lowest BCUT2D eigenvalue weighted by atomic mass is 9.97. The Morgan fingerprint density at radius 3 is 3.27 bits per heavy atom. The van der Waals surface area contributed by atoms with Crippen LogP contribution >= 0.6 is 11.3 Å². The number of thiophene rings is 1. The van der Waals surface area contributed by atoms with Crippen molar-refractivity contribution in [1.29, 1.82) is 0 Å². The smallest absolute Gasteiger partial charge is 0.0727 e. The zero-order chi connectivity index (χ0) is 10.1. The van der Waals surface area contributed by atoms with E-state index in [2.05, 4.69) is 11.4 Å². The van der Waals surface area contributed by atoms with Gasteiger partial charge in [-0.2, -0.15) is 0 Å². The lowest BCUT2D eigenvalue weighted by Crippen LogP contribution is -2.27. The quantitative estimate of drug-likeness (QED) is 0.788. The molecule has 0 aromatic carbocycles. The zero-order valence-electron chi connectivity index (χ0n) is 8.92. The molecule has 0 bridgehead atoms. The number of fused-ring (bicyclic) bond motifs is 1. The summed E-state index contributed by atoms with van der Waals surface area (Å²) >= 11 is 2.02. The highest BCUT2D eigenvalue weighted by molar-refractivity contribution is 7.12. The molecule has 0 amide bonds. The van der Waals surface area contributed by atoms with E-state index in [1.165, 1.54) is 31.5 Å². The number of hydrogen-bond donors (Lipinski definition) is 1. The average Bonchev–Trinajstić information content (AvgIpc) is 2.74. The van der Waals surface area contributed by atoms with Gasteiger partial charge in [0.05, 0.1) is 13.2 Å². The fraction of sp³-hybridized carbons (Fsp3) is 0.667. The molecule has 3 heterocycles. The molecule has 1 saturated heterocycles. The normalized spacial score (nSPS) is 26.3. The van der Waals surface area contributed by atoms with Crippen molar-refractivity contribution in [2.75, 3.05) is 19.7 Å². The van der Waals surface area contributed by atoms with Gasteiger partial charge in [0, 0.05) is 28.6 Å². The van der Waals surface area contributed by atoms with E-state index in [0.717, 1.165) is 25.6 Å². The van der Waals surface area contributed by atoms with Crippen molar-refractivity contribution in [1.82, 2.24) is 5.32 Å². The van der Waals surface area contributed by atoms with Crippen molar-refractivity contribution >= 4 is 11.3 Å². The molecule has 1 fully saturated rings. The molecule has 82 valence electrons. The minimum Gasteiger partial charge on any atom is -0.376 e. The third kappa shape index (κ3) is 1.96. The molecule has 0 spiro atoms. The van der Waals surface area contributed by atoms with Crippen LogP contribution in [0.15, 0.2) is 6.07 Å². The summed E-state index contributed by atoms with van der Waals surface area (Å²) < 4.78 is 5.49. The summed E-state index contributed by atoms with van der Waals surface area (Å²) in [6.07, 6.45) is 3.80. The molecule has 1 unspecified atom stereocenters. The number of hydrogen-bond acceptors (Lipinski definition) is 3. The third-order valence-corrected chi connectivity index (χ3v) is 4.75. The fourth-order valence-corrected chi connectivity index (χ4v) is 3.75. The van der Waals surface area contributed by atoms with Gasteiger partial charge in [-0.3, -0.25) is 0 Å². The van der Waals surface area contributed by atoms with Crippen LogP contribution in [0.2, 0.25) is 0 Å². The minimum absolute atomic E-state index is 0.759. The summed E-state index contributed by atoms with van der Waals surface area (Å²) in [7, 11) is 0. The maximum Gasteiger partial charge on any atom is 0.0727 e. The summed E-state index contributed by atoms with van der Waals surface area (Å²) in [5, 5.41) is 3.49. The van der Waals surface area contributed by atoms with E-state index < -0.39 is 0 Å². The first kappa shape index (κ1) is 9.82. The molecule has 1 atom stereocenters. The minimum atomic E-state index is 0.759. The van der Waals surface area contributed by atoms with Gasteiger partial charge in [-0.25, -0.2) is 0 Å². The van der Waals surface area contributed by atoms with Crippen LogP contribution in [0.4, 0.5) is 0 Å². The van der Waals surface area contributed by atoms with Gasteiger partial charge < -0.3 is 10.1 Å². The van der Waals surface area contributed by atoms with Crippen LogP contribution in [0.1, 0.15) is 34.1 Å². The molecule has 3 heteroatoms. The van der Waals surface area contributed by atoms with Gasteiger partial charge in [-0.05, 0) is 31.0 Å². The van der Waals surface area contributed by atoms with Gasteiger partial charge in [0.2, 0.25) is 0 Å². The Labute approximate surface area is 94.6 Å². The fourth-order valence-electron chi connectivity index (χ4n) is 2.47. The van der Waals surface area contributed by atoms with E-state index in [1.54, 1.807) is 9.75 Å².